The Hall–Kier alpha value is -0.480. The molecular formula is C12H12Br2O2. The van der Waals surface area contributed by atoms with Gasteiger partial charge in [-0.2, -0.15) is 0 Å². The van der Waals surface area contributed by atoms with Crippen LogP contribution in [0.5, 0.6) is 0 Å². The van der Waals surface area contributed by atoms with E-state index < -0.39 is 0 Å². The van der Waals surface area contributed by atoms with Crippen LogP contribution in [-0.2, 0) is 4.79 Å². The van der Waals surface area contributed by atoms with Crippen LogP contribution in [0.25, 0.3) is 0 Å². The number of carbonyl (C=O) groups excluding carboxylic acids is 2. The molecule has 0 amide bonds. The van der Waals surface area contributed by atoms with Crippen LogP contribution >= 0.6 is 31.9 Å². The van der Waals surface area contributed by atoms with Crippen molar-refractivity contribution in [2.24, 2.45) is 5.92 Å². The summed E-state index contributed by atoms with van der Waals surface area (Å²) in [5.41, 5.74) is 0.551. The predicted octanol–water partition coefficient (Wildman–Crippen LogP) is 4.01. The highest BCUT2D eigenvalue weighted by Crippen LogP contribution is 2.21. The molecule has 16 heavy (non-hydrogen) atoms. The number of benzene rings is 1. The monoisotopic (exact) mass is 346 g/mol. The molecule has 0 spiro atoms. The number of hydrogen-bond acceptors (Lipinski definition) is 2. The van der Waals surface area contributed by atoms with Gasteiger partial charge in [-0.3, -0.25) is 9.59 Å². The summed E-state index contributed by atoms with van der Waals surface area (Å²) in [7, 11) is 0. The second-order valence-electron chi connectivity index (χ2n) is 3.88. The second kappa shape index (κ2) is 5.73. The van der Waals surface area contributed by atoms with E-state index >= 15 is 0 Å². The fraction of sp³-hybridized carbons (Fsp3) is 0.333. The molecule has 0 unspecified atom stereocenters. The molecule has 2 nitrogen and oxygen atoms in total. The van der Waals surface area contributed by atoms with E-state index in [1.165, 1.54) is 0 Å². The Bertz CT molecular complexity index is 405. The Morgan fingerprint density at radius 1 is 1.12 bits per heavy atom. The molecule has 0 bridgehead atoms. The maximum Gasteiger partial charge on any atom is 0.170 e. The summed E-state index contributed by atoms with van der Waals surface area (Å²) in [5, 5.41) is 0. The predicted molar refractivity (Wildman–Crippen MR) is 70.6 cm³/mol. The van der Waals surface area contributed by atoms with Gasteiger partial charge in [0.25, 0.3) is 0 Å². The maximum atomic E-state index is 11.8. The molecule has 0 aromatic heterocycles. The van der Waals surface area contributed by atoms with Gasteiger partial charge in [-0.05, 0) is 18.2 Å². The number of carbonyl (C=O) groups is 2. The third kappa shape index (κ3) is 3.83. The molecule has 0 aliphatic carbocycles. The fourth-order valence-corrected chi connectivity index (χ4v) is 2.47. The van der Waals surface area contributed by atoms with Crippen LogP contribution in [0.4, 0.5) is 0 Å². The van der Waals surface area contributed by atoms with E-state index in [2.05, 4.69) is 31.9 Å². The van der Waals surface area contributed by atoms with Crippen LogP contribution in [-0.4, -0.2) is 11.6 Å². The van der Waals surface area contributed by atoms with Gasteiger partial charge in [0.05, 0.1) is 6.42 Å². The lowest BCUT2D eigenvalue weighted by Crippen LogP contribution is -2.13. The van der Waals surface area contributed by atoms with Crippen molar-refractivity contribution >= 4 is 43.4 Å². The summed E-state index contributed by atoms with van der Waals surface area (Å²) in [6.45, 7) is 3.60. The first-order valence-electron chi connectivity index (χ1n) is 4.92. The highest BCUT2D eigenvalue weighted by Gasteiger charge is 2.15. The Labute approximate surface area is 112 Å². The zero-order valence-corrected chi connectivity index (χ0v) is 12.3. The number of rotatable bonds is 4. The lowest BCUT2D eigenvalue weighted by Gasteiger charge is -2.04. The first kappa shape index (κ1) is 13.6. The van der Waals surface area contributed by atoms with Crippen molar-refractivity contribution in [3.05, 3.63) is 32.7 Å². The van der Waals surface area contributed by atoms with Crippen molar-refractivity contribution in [1.29, 1.82) is 0 Å². The smallest absolute Gasteiger partial charge is 0.170 e. The van der Waals surface area contributed by atoms with E-state index in [0.717, 1.165) is 8.95 Å². The minimum absolute atomic E-state index is 0.0268. The molecule has 1 rings (SSSR count). The van der Waals surface area contributed by atoms with Gasteiger partial charge in [0, 0.05) is 20.4 Å². The molecule has 0 atom stereocenters. The van der Waals surface area contributed by atoms with E-state index in [0.29, 0.717) is 5.56 Å². The second-order valence-corrected chi connectivity index (χ2v) is 5.71. The average molecular weight is 348 g/mol. The first-order chi connectivity index (χ1) is 7.40. The molecule has 0 saturated carbocycles. The Morgan fingerprint density at radius 2 is 1.62 bits per heavy atom. The van der Waals surface area contributed by atoms with Crippen molar-refractivity contribution in [3.63, 3.8) is 0 Å². The zero-order chi connectivity index (χ0) is 12.3. The summed E-state index contributed by atoms with van der Waals surface area (Å²) in [5.74, 6) is -0.263. The normalized spacial score (nSPS) is 10.6. The minimum atomic E-state index is -0.138. The molecule has 0 heterocycles. The molecule has 86 valence electrons. The molecule has 1 aromatic rings. The van der Waals surface area contributed by atoms with Crippen molar-refractivity contribution in [1.82, 2.24) is 0 Å². The van der Waals surface area contributed by atoms with E-state index in [1.807, 2.05) is 6.07 Å². The molecule has 0 N–H and O–H groups in total. The van der Waals surface area contributed by atoms with Crippen molar-refractivity contribution in [2.45, 2.75) is 20.3 Å². The largest absolute Gasteiger partial charge is 0.299 e. The van der Waals surface area contributed by atoms with E-state index in [4.69, 9.17) is 0 Å². The van der Waals surface area contributed by atoms with Gasteiger partial charge in [0.15, 0.2) is 5.78 Å². The van der Waals surface area contributed by atoms with Crippen LogP contribution in [0.2, 0.25) is 0 Å². The third-order valence-corrected chi connectivity index (χ3v) is 3.08. The van der Waals surface area contributed by atoms with Crippen LogP contribution in [0, 0.1) is 5.92 Å². The lowest BCUT2D eigenvalue weighted by molar-refractivity contribution is -0.121. The number of ketones is 2. The number of halogens is 2. The molecular weight excluding hydrogens is 336 g/mol. The highest BCUT2D eigenvalue weighted by molar-refractivity contribution is 9.11. The van der Waals surface area contributed by atoms with E-state index in [9.17, 15) is 9.59 Å². The molecule has 0 fully saturated rings. The highest BCUT2D eigenvalue weighted by atomic mass is 79.9. The molecule has 0 aliphatic heterocycles. The quantitative estimate of drug-likeness (QED) is 0.609. The van der Waals surface area contributed by atoms with Crippen molar-refractivity contribution in [2.75, 3.05) is 0 Å². The maximum absolute atomic E-state index is 11.8. The van der Waals surface area contributed by atoms with Crippen molar-refractivity contribution in [3.8, 4) is 0 Å². The molecule has 0 aliphatic rings. The van der Waals surface area contributed by atoms with Gasteiger partial charge in [-0.25, -0.2) is 0 Å². The Kier molecular flexibility index (Phi) is 4.87. The Balaban J connectivity index is 2.85. The SMILES string of the molecule is CC(C)C(=O)CC(=O)c1cc(Br)cc(Br)c1. The lowest BCUT2D eigenvalue weighted by atomic mass is 10.00. The molecule has 0 saturated heterocycles. The van der Waals surface area contributed by atoms with Crippen LogP contribution in [0.3, 0.4) is 0 Å². The zero-order valence-electron chi connectivity index (χ0n) is 9.09. The topological polar surface area (TPSA) is 34.1 Å². The Morgan fingerprint density at radius 3 is 2.06 bits per heavy atom. The van der Waals surface area contributed by atoms with Crippen molar-refractivity contribution < 1.29 is 9.59 Å². The van der Waals surface area contributed by atoms with E-state index in [-0.39, 0.29) is 23.9 Å². The van der Waals surface area contributed by atoms with Crippen LogP contribution in [0.1, 0.15) is 30.6 Å². The molecule has 1 aromatic carbocycles. The summed E-state index contributed by atoms with van der Waals surface area (Å²) in [4.78, 5) is 23.3. The van der Waals surface area contributed by atoms with E-state index in [1.54, 1.807) is 26.0 Å². The van der Waals surface area contributed by atoms with Gasteiger partial charge < -0.3 is 0 Å². The van der Waals surface area contributed by atoms with Gasteiger partial charge in [0.2, 0.25) is 0 Å². The van der Waals surface area contributed by atoms with Gasteiger partial charge >= 0.3 is 0 Å². The van der Waals surface area contributed by atoms with Crippen LogP contribution in [0.15, 0.2) is 27.1 Å². The van der Waals surface area contributed by atoms with Gasteiger partial charge in [-0.15, -0.1) is 0 Å². The molecule has 4 heteroatoms. The number of Topliss-reactive ketones (excluding diaryl/α,β-unsaturated/α-hetero) is 2. The molecule has 0 radical (unpaired) electrons. The van der Waals surface area contributed by atoms with Crippen LogP contribution < -0.4 is 0 Å². The number of hydrogen-bond donors (Lipinski definition) is 0. The van der Waals surface area contributed by atoms with Gasteiger partial charge in [0.1, 0.15) is 5.78 Å². The first-order valence-corrected chi connectivity index (χ1v) is 6.50. The third-order valence-electron chi connectivity index (χ3n) is 2.16. The minimum Gasteiger partial charge on any atom is -0.299 e. The van der Waals surface area contributed by atoms with Gasteiger partial charge in [-0.1, -0.05) is 45.7 Å². The fourth-order valence-electron chi connectivity index (χ4n) is 1.18. The summed E-state index contributed by atoms with van der Waals surface area (Å²) in [6.07, 6.45) is -0.0272. The average Bonchev–Trinajstić information content (AvgIpc) is 2.15. The summed E-state index contributed by atoms with van der Waals surface area (Å²) < 4.78 is 1.64. The summed E-state index contributed by atoms with van der Waals surface area (Å²) in [6, 6.07) is 5.29. The summed E-state index contributed by atoms with van der Waals surface area (Å²) >= 11 is 6.62. The standard InChI is InChI=1S/C12H12Br2O2/c1-7(2)11(15)6-12(16)8-3-9(13)5-10(14)4-8/h3-5,7H,6H2,1-2H3.